The van der Waals surface area contributed by atoms with Crippen LogP contribution in [0, 0.1) is 11.8 Å². The van der Waals surface area contributed by atoms with Gasteiger partial charge in [0.2, 0.25) is 5.43 Å². The first kappa shape index (κ1) is 19.8. The van der Waals surface area contributed by atoms with Crippen LogP contribution in [0.4, 0.5) is 0 Å². The van der Waals surface area contributed by atoms with E-state index in [1.807, 2.05) is 35.2 Å². The summed E-state index contributed by atoms with van der Waals surface area (Å²) in [6, 6.07) is 9.74. The molecule has 1 saturated heterocycles. The number of carbonyl (C=O) groups is 2. The number of fused-ring (bicyclic) bond motifs is 6. The van der Waals surface area contributed by atoms with E-state index in [2.05, 4.69) is 6.92 Å². The highest BCUT2D eigenvalue weighted by Gasteiger charge is 2.54. The summed E-state index contributed by atoms with van der Waals surface area (Å²) in [5.74, 6) is 0.0861. The number of piperidine rings is 1. The molecule has 162 valence electrons. The fourth-order valence-corrected chi connectivity index (χ4v) is 5.57. The Labute approximate surface area is 180 Å². The third-order valence-electron chi connectivity index (χ3n) is 6.94. The van der Waals surface area contributed by atoms with Gasteiger partial charge in [0.1, 0.15) is 12.2 Å². The number of benzene rings is 1. The lowest BCUT2D eigenvalue weighted by molar-refractivity contribution is 0.0406. The van der Waals surface area contributed by atoms with Crippen LogP contribution >= 0.6 is 0 Å². The molecule has 2 fully saturated rings. The van der Waals surface area contributed by atoms with Gasteiger partial charge in [-0.05, 0) is 37.2 Å². The molecular weight excluding hydrogens is 396 g/mol. The topological polar surface area (TPSA) is 77.8 Å². The van der Waals surface area contributed by atoms with E-state index in [0.717, 1.165) is 18.4 Å². The average Bonchev–Trinajstić information content (AvgIpc) is 3.31. The molecule has 1 aliphatic carbocycles. The molecule has 1 aromatic heterocycles. The van der Waals surface area contributed by atoms with Gasteiger partial charge in [0.05, 0.1) is 12.6 Å². The summed E-state index contributed by atoms with van der Waals surface area (Å²) in [6.07, 6.45) is 3.48. The zero-order valence-electron chi connectivity index (χ0n) is 17.7. The summed E-state index contributed by atoms with van der Waals surface area (Å²) in [5.41, 5.74) is 0.430. The molecular formula is C24H26N2O5. The van der Waals surface area contributed by atoms with Gasteiger partial charge in [-0.1, -0.05) is 37.3 Å². The highest BCUT2D eigenvalue weighted by Crippen LogP contribution is 2.49. The van der Waals surface area contributed by atoms with Gasteiger partial charge in [0.15, 0.2) is 11.4 Å². The van der Waals surface area contributed by atoms with E-state index in [9.17, 15) is 14.4 Å². The van der Waals surface area contributed by atoms with Crippen molar-refractivity contribution in [2.45, 2.75) is 51.9 Å². The predicted octanol–water partition coefficient (Wildman–Crippen LogP) is 2.86. The molecule has 0 N–H and O–H groups in total. The van der Waals surface area contributed by atoms with Crippen LogP contribution in [0.15, 0.2) is 41.3 Å². The van der Waals surface area contributed by atoms with Crippen LogP contribution in [-0.2, 0) is 17.9 Å². The van der Waals surface area contributed by atoms with Gasteiger partial charge in [0, 0.05) is 18.8 Å². The molecule has 4 atom stereocenters. The van der Waals surface area contributed by atoms with Gasteiger partial charge in [-0.15, -0.1) is 0 Å². The Bertz CT molecular complexity index is 1090. The Kier molecular flexibility index (Phi) is 4.84. The fourth-order valence-electron chi connectivity index (χ4n) is 5.57. The molecule has 2 aromatic rings. The summed E-state index contributed by atoms with van der Waals surface area (Å²) < 4.78 is 12.8. The summed E-state index contributed by atoms with van der Waals surface area (Å²) >= 11 is 0. The molecule has 2 aliphatic heterocycles. The Morgan fingerprint density at radius 2 is 1.94 bits per heavy atom. The molecule has 1 aromatic carbocycles. The molecule has 3 aliphatic rings. The van der Waals surface area contributed by atoms with E-state index in [-0.39, 0.29) is 48.2 Å². The molecule has 2 bridgehead atoms. The molecule has 31 heavy (non-hydrogen) atoms. The standard InChI is InChI=1S/C24H26N2O5/c1-3-30-24(29)18-11-25-12-19-17-10-16(9-14(17)2)26(19)23(28)20(25)22(21(18)27)31-13-15-7-5-4-6-8-15/h4-8,11,14,16-17,19H,3,9-10,12-13H2,1-2H3/t14-,16+,17+,19+/m1/s1. The zero-order valence-corrected chi connectivity index (χ0v) is 17.7. The minimum absolute atomic E-state index is 0.0614. The number of carbonyl (C=O) groups excluding carboxylic acids is 2. The van der Waals surface area contributed by atoms with Crippen molar-refractivity contribution in [2.75, 3.05) is 6.61 Å². The second-order valence-electron chi connectivity index (χ2n) is 8.74. The van der Waals surface area contributed by atoms with Crippen LogP contribution in [0.2, 0.25) is 0 Å². The van der Waals surface area contributed by atoms with Crippen LogP contribution in [0.25, 0.3) is 0 Å². The molecule has 0 unspecified atom stereocenters. The second kappa shape index (κ2) is 7.55. The van der Waals surface area contributed by atoms with Crippen molar-refractivity contribution in [1.29, 1.82) is 0 Å². The predicted molar refractivity (Wildman–Crippen MR) is 113 cm³/mol. The Morgan fingerprint density at radius 1 is 1.16 bits per heavy atom. The van der Waals surface area contributed by atoms with Crippen LogP contribution in [0.3, 0.4) is 0 Å². The first-order valence-electron chi connectivity index (χ1n) is 10.9. The molecule has 7 nitrogen and oxygen atoms in total. The van der Waals surface area contributed by atoms with E-state index in [4.69, 9.17) is 9.47 Å². The first-order chi connectivity index (χ1) is 15.0. The van der Waals surface area contributed by atoms with E-state index in [0.29, 0.717) is 18.4 Å². The van der Waals surface area contributed by atoms with Crippen molar-refractivity contribution in [3.8, 4) is 5.75 Å². The van der Waals surface area contributed by atoms with Gasteiger partial charge in [-0.25, -0.2) is 4.79 Å². The number of aromatic nitrogens is 1. The third kappa shape index (κ3) is 3.14. The minimum atomic E-state index is -0.691. The second-order valence-corrected chi connectivity index (χ2v) is 8.74. The van der Waals surface area contributed by atoms with E-state index in [1.165, 1.54) is 6.20 Å². The largest absolute Gasteiger partial charge is 0.483 e. The molecule has 0 spiro atoms. The molecule has 3 heterocycles. The molecule has 1 amide bonds. The number of hydrogen-bond donors (Lipinski definition) is 0. The smallest absolute Gasteiger partial charge is 0.343 e. The van der Waals surface area contributed by atoms with Gasteiger partial charge < -0.3 is 18.9 Å². The number of esters is 1. The van der Waals surface area contributed by atoms with Crippen molar-refractivity contribution in [1.82, 2.24) is 9.47 Å². The molecule has 0 radical (unpaired) electrons. The summed E-state index contributed by atoms with van der Waals surface area (Å²) in [4.78, 5) is 41.2. The van der Waals surface area contributed by atoms with Crippen LogP contribution in [0.5, 0.6) is 5.75 Å². The quantitative estimate of drug-likeness (QED) is 0.693. The lowest BCUT2D eigenvalue weighted by Crippen LogP contribution is -2.53. The van der Waals surface area contributed by atoms with Crippen molar-refractivity contribution in [3.63, 3.8) is 0 Å². The average molecular weight is 422 g/mol. The lowest BCUT2D eigenvalue weighted by atomic mass is 9.87. The monoisotopic (exact) mass is 422 g/mol. The number of rotatable bonds is 5. The van der Waals surface area contributed by atoms with Gasteiger partial charge in [-0.3, -0.25) is 9.59 Å². The number of amides is 1. The van der Waals surface area contributed by atoms with Crippen LogP contribution < -0.4 is 10.2 Å². The van der Waals surface area contributed by atoms with Crippen molar-refractivity contribution in [3.05, 3.63) is 63.6 Å². The minimum Gasteiger partial charge on any atom is -0.483 e. The van der Waals surface area contributed by atoms with Crippen molar-refractivity contribution in [2.24, 2.45) is 11.8 Å². The lowest BCUT2D eigenvalue weighted by Gasteiger charge is -2.42. The Balaban J connectivity index is 1.59. The number of nitrogens with zero attached hydrogens (tertiary/aromatic N) is 2. The SMILES string of the molecule is CCOC(=O)c1cn2c(c(OCc3ccccc3)c1=O)C(=O)N1[C@@H]3C[C@@H]([C@H](C)C3)[C@@H]1C2. The van der Waals surface area contributed by atoms with Crippen LogP contribution in [-0.4, -0.2) is 40.0 Å². The number of pyridine rings is 1. The molecule has 1 saturated carbocycles. The number of hydrogen-bond acceptors (Lipinski definition) is 5. The van der Waals surface area contributed by atoms with Gasteiger partial charge in [-0.2, -0.15) is 0 Å². The van der Waals surface area contributed by atoms with Crippen molar-refractivity contribution >= 4 is 11.9 Å². The van der Waals surface area contributed by atoms with Gasteiger partial charge in [0.25, 0.3) is 5.91 Å². The first-order valence-corrected chi connectivity index (χ1v) is 10.9. The van der Waals surface area contributed by atoms with E-state index < -0.39 is 11.4 Å². The highest BCUT2D eigenvalue weighted by molar-refractivity contribution is 5.98. The Hall–Kier alpha value is -3.09. The molecule has 5 rings (SSSR count). The maximum Gasteiger partial charge on any atom is 0.343 e. The summed E-state index contributed by atoms with van der Waals surface area (Å²) in [7, 11) is 0. The maximum atomic E-state index is 13.6. The van der Waals surface area contributed by atoms with E-state index >= 15 is 0 Å². The third-order valence-corrected chi connectivity index (χ3v) is 6.94. The zero-order chi connectivity index (χ0) is 21.7. The number of ether oxygens (including phenoxy) is 2. The normalized spacial score (nSPS) is 25.9. The fraction of sp³-hybridized carbons (Fsp3) is 0.458. The van der Waals surface area contributed by atoms with Gasteiger partial charge >= 0.3 is 5.97 Å². The summed E-state index contributed by atoms with van der Waals surface area (Å²) in [5, 5.41) is 0. The van der Waals surface area contributed by atoms with Crippen LogP contribution in [0.1, 0.15) is 53.1 Å². The Morgan fingerprint density at radius 3 is 2.68 bits per heavy atom. The molecule has 7 heteroatoms. The van der Waals surface area contributed by atoms with Crippen molar-refractivity contribution < 1.29 is 19.1 Å². The highest BCUT2D eigenvalue weighted by atomic mass is 16.5. The maximum absolute atomic E-state index is 13.6. The summed E-state index contributed by atoms with van der Waals surface area (Å²) in [6.45, 7) is 4.79. The van der Waals surface area contributed by atoms with E-state index in [1.54, 1.807) is 11.5 Å².